The Hall–Kier alpha value is -2.45. The van der Waals surface area contributed by atoms with E-state index in [4.69, 9.17) is 9.84 Å². The Kier molecular flexibility index (Phi) is 5.85. The lowest BCUT2D eigenvalue weighted by Gasteiger charge is -2.08. The van der Waals surface area contributed by atoms with E-state index < -0.39 is 5.97 Å². The third-order valence-corrected chi connectivity index (χ3v) is 5.58. The molecule has 0 fully saturated rings. The standard InChI is InChI=1S/C18H15FN2O3S2/c1-11-8-14(6-7-15(11)24-9-17(22)23)25-10-16-20-21-18(26-16)12-2-4-13(19)5-3-12/h2-8H,9-10H2,1H3,(H,22,23). The van der Waals surface area contributed by atoms with Gasteiger partial charge in [0.05, 0.1) is 5.75 Å². The Balaban J connectivity index is 1.61. The molecule has 2 aromatic carbocycles. The normalized spacial score (nSPS) is 10.7. The fraction of sp³-hybridized carbons (Fsp3) is 0.167. The molecule has 26 heavy (non-hydrogen) atoms. The van der Waals surface area contributed by atoms with Gasteiger partial charge in [0.15, 0.2) is 6.61 Å². The molecule has 1 aromatic heterocycles. The first-order chi connectivity index (χ1) is 12.5. The second-order valence-electron chi connectivity index (χ2n) is 5.41. The lowest BCUT2D eigenvalue weighted by Crippen LogP contribution is -2.09. The number of hydrogen-bond donors (Lipinski definition) is 1. The second kappa shape index (κ2) is 8.29. The van der Waals surface area contributed by atoms with Crippen LogP contribution in [-0.4, -0.2) is 27.9 Å². The van der Waals surface area contributed by atoms with Crippen molar-refractivity contribution in [2.24, 2.45) is 0 Å². The van der Waals surface area contributed by atoms with Crippen LogP contribution in [0.1, 0.15) is 10.6 Å². The van der Waals surface area contributed by atoms with Crippen LogP contribution in [0.15, 0.2) is 47.4 Å². The van der Waals surface area contributed by atoms with Gasteiger partial charge in [0.25, 0.3) is 0 Å². The molecule has 8 heteroatoms. The third-order valence-electron chi connectivity index (χ3n) is 3.42. The number of thioether (sulfide) groups is 1. The van der Waals surface area contributed by atoms with Crippen LogP contribution >= 0.6 is 23.1 Å². The zero-order valence-electron chi connectivity index (χ0n) is 13.8. The molecule has 3 rings (SSSR count). The molecule has 0 unspecified atom stereocenters. The van der Waals surface area contributed by atoms with Gasteiger partial charge in [-0.05, 0) is 55.0 Å². The molecule has 0 saturated heterocycles. The van der Waals surface area contributed by atoms with E-state index in [0.717, 1.165) is 26.0 Å². The highest BCUT2D eigenvalue weighted by atomic mass is 32.2. The average molecular weight is 390 g/mol. The molecule has 0 spiro atoms. The fourth-order valence-corrected chi connectivity index (χ4v) is 4.00. The molecule has 0 bridgehead atoms. The monoisotopic (exact) mass is 390 g/mol. The summed E-state index contributed by atoms with van der Waals surface area (Å²) in [7, 11) is 0. The van der Waals surface area contributed by atoms with Crippen molar-refractivity contribution in [3.8, 4) is 16.3 Å². The molecule has 0 aliphatic heterocycles. The van der Waals surface area contributed by atoms with Crippen molar-refractivity contribution in [2.75, 3.05) is 6.61 Å². The first kappa shape index (κ1) is 18.3. The molecule has 0 atom stereocenters. The lowest BCUT2D eigenvalue weighted by molar-refractivity contribution is -0.139. The van der Waals surface area contributed by atoms with Gasteiger partial charge in [-0.3, -0.25) is 0 Å². The second-order valence-corrected chi connectivity index (χ2v) is 7.52. The summed E-state index contributed by atoms with van der Waals surface area (Å²) in [6.07, 6.45) is 0. The Morgan fingerprint density at radius 2 is 2.00 bits per heavy atom. The lowest BCUT2D eigenvalue weighted by atomic mass is 10.2. The molecule has 0 aliphatic carbocycles. The zero-order valence-corrected chi connectivity index (χ0v) is 15.4. The van der Waals surface area contributed by atoms with Gasteiger partial charge < -0.3 is 9.84 Å². The number of aliphatic carboxylic acids is 1. The van der Waals surface area contributed by atoms with E-state index in [1.54, 1.807) is 30.0 Å². The number of aromatic nitrogens is 2. The fourth-order valence-electron chi connectivity index (χ4n) is 2.18. The number of carboxylic acid groups (broad SMARTS) is 1. The van der Waals surface area contributed by atoms with E-state index in [1.807, 2.05) is 19.1 Å². The number of nitrogens with zero attached hydrogens (tertiary/aromatic N) is 2. The summed E-state index contributed by atoms with van der Waals surface area (Å²) < 4.78 is 18.2. The smallest absolute Gasteiger partial charge is 0.341 e. The first-order valence-electron chi connectivity index (χ1n) is 7.67. The Labute approximate surface area is 157 Å². The van der Waals surface area contributed by atoms with Gasteiger partial charge in [0.1, 0.15) is 21.6 Å². The molecule has 0 radical (unpaired) electrons. The number of carboxylic acids is 1. The summed E-state index contributed by atoms with van der Waals surface area (Å²) >= 11 is 3.08. The van der Waals surface area contributed by atoms with E-state index in [0.29, 0.717) is 11.5 Å². The Morgan fingerprint density at radius 3 is 2.69 bits per heavy atom. The number of rotatable bonds is 7. The molecular formula is C18H15FN2O3S2. The van der Waals surface area contributed by atoms with Crippen LogP contribution in [0.4, 0.5) is 4.39 Å². The maximum atomic E-state index is 13.0. The molecular weight excluding hydrogens is 375 g/mol. The average Bonchev–Trinajstić information content (AvgIpc) is 3.08. The first-order valence-corrected chi connectivity index (χ1v) is 9.48. The maximum absolute atomic E-state index is 13.0. The van der Waals surface area contributed by atoms with Gasteiger partial charge in [-0.25, -0.2) is 9.18 Å². The molecule has 0 amide bonds. The summed E-state index contributed by atoms with van der Waals surface area (Å²) in [6, 6.07) is 11.8. The van der Waals surface area contributed by atoms with E-state index in [-0.39, 0.29) is 12.4 Å². The highest BCUT2D eigenvalue weighted by Crippen LogP contribution is 2.30. The van der Waals surface area contributed by atoms with Gasteiger partial charge in [-0.1, -0.05) is 11.3 Å². The summed E-state index contributed by atoms with van der Waals surface area (Å²) in [5.41, 5.74) is 1.72. The van der Waals surface area contributed by atoms with Crippen molar-refractivity contribution < 1.29 is 19.0 Å². The number of ether oxygens (including phenoxy) is 1. The minimum absolute atomic E-state index is 0.278. The highest BCUT2D eigenvalue weighted by molar-refractivity contribution is 7.98. The number of aryl methyl sites for hydroxylation is 1. The molecule has 1 heterocycles. The van der Waals surface area contributed by atoms with Crippen molar-refractivity contribution >= 4 is 29.1 Å². The summed E-state index contributed by atoms with van der Waals surface area (Å²) in [5, 5.41) is 18.6. The van der Waals surface area contributed by atoms with Crippen molar-refractivity contribution in [3.05, 3.63) is 58.9 Å². The van der Waals surface area contributed by atoms with E-state index >= 15 is 0 Å². The van der Waals surface area contributed by atoms with Crippen molar-refractivity contribution in [3.63, 3.8) is 0 Å². The predicted octanol–water partition coefficient (Wildman–Crippen LogP) is 4.41. The van der Waals surface area contributed by atoms with Crippen molar-refractivity contribution in [2.45, 2.75) is 17.6 Å². The van der Waals surface area contributed by atoms with Crippen molar-refractivity contribution in [1.82, 2.24) is 10.2 Å². The van der Waals surface area contributed by atoms with Crippen LogP contribution in [0.2, 0.25) is 0 Å². The number of carbonyl (C=O) groups is 1. The quantitative estimate of drug-likeness (QED) is 0.603. The third kappa shape index (κ3) is 4.80. The van der Waals surface area contributed by atoms with E-state index in [9.17, 15) is 9.18 Å². The van der Waals surface area contributed by atoms with Crippen LogP contribution < -0.4 is 4.74 Å². The van der Waals surface area contributed by atoms with Crippen LogP contribution in [0.5, 0.6) is 5.75 Å². The minimum Gasteiger partial charge on any atom is -0.482 e. The molecule has 134 valence electrons. The van der Waals surface area contributed by atoms with Gasteiger partial charge in [0, 0.05) is 10.5 Å². The highest BCUT2D eigenvalue weighted by Gasteiger charge is 2.09. The van der Waals surface area contributed by atoms with Gasteiger partial charge in [-0.2, -0.15) is 0 Å². The molecule has 0 aliphatic rings. The maximum Gasteiger partial charge on any atom is 0.341 e. The molecule has 0 saturated carbocycles. The Morgan fingerprint density at radius 1 is 1.23 bits per heavy atom. The SMILES string of the molecule is Cc1cc(SCc2nnc(-c3ccc(F)cc3)s2)ccc1OCC(=O)O. The van der Waals surface area contributed by atoms with Crippen LogP contribution in [0.3, 0.4) is 0 Å². The number of hydrogen-bond acceptors (Lipinski definition) is 6. The predicted molar refractivity (Wildman–Crippen MR) is 99.2 cm³/mol. The van der Waals surface area contributed by atoms with Crippen LogP contribution in [0, 0.1) is 12.7 Å². The van der Waals surface area contributed by atoms with Gasteiger partial charge in [-0.15, -0.1) is 22.0 Å². The summed E-state index contributed by atoms with van der Waals surface area (Å²) in [4.78, 5) is 11.6. The topological polar surface area (TPSA) is 72.3 Å². The van der Waals surface area contributed by atoms with E-state index in [2.05, 4.69) is 10.2 Å². The Bertz CT molecular complexity index is 913. The molecule has 5 nitrogen and oxygen atoms in total. The molecule has 1 N–H and O–H groups in total. The van der Waals surface area contributed by atoms with E-state index in [1.165, 1.54) is 23.5 Å². The molecule has 3 aromatic rings. The summed E-state index contributed by atoms with van der Waals surface area (Å²) in [6.45, 7) is 1.52. The van der Waals surface area contributed by atoms with Gasteiger partial charge >= 0.3 is 5.97 Å². The minimum atomic E-state index is -1.00. The van der Waals surface area contributed by atoms with Gasteiger partial charge in [0.2, 0.25) is 0 Å². The van der Waals surface area contributed by atoms with Crippen LogP contribution in [0.25, 0.3) is 10.6 Å². The summed E-state index contributed by atoms with van der Waals surface area (Å²) in [5.74, 6) is -0.0595. The largest absolute Gasteiger partial charge is 0.482 e. The number of halogens is 1. The zero-order chi connectivity index (χ0) is 18.5. The van der Waals surface area contributed by atoms with Crippen LogP contribution in [-0.2, 0) is 10.5 Å². The number of benzene rings is 2. The van der Waals surface area contributed by atoms with Crippen molar-refractivity contribution in [1.29, 1.82) is 0 Å².